The Hall–Kier alpha value is -1.06. The minimum absolute atomic E-state index is 0.0106. The van der Waals surface area contributed by atoms with Gasteiger partial charge in [-0.15, -0.1) is 0 Å². The lowest BCUT2D eigenvalue weighted by molar-refractivity contribution is -0.160. The molecule has 1 rings (SSSR count). The maximum Gasteiger partial charge on any atom is 0.246 e. The third kappa shape index (κ3) is 2.77. The Morgan fingerprint density at radius 2 is 1.68 bits per heavy atom. The first kappa shape index (κ1) is 16.0. The van der Waals surface area contributed by atoms with Crippen molar-refractivity contribution < 1.29 is 9.59 Å². The van der Waals surface area contributed by atoms with Gasteiger partial charge in [0.1, 0.15) is 11.6 Å². The molecular weight excluding hydrogens is 240 g/mol. The smallest absolute Gasteiger partial charge is 0.246 e. The van der Waals surface area contributed by atoms with Gasteiger partial charge in [0, 0.05) is 6.54 Å². The summed E-state index contributed by atoms with van der Waals surface area (Å²) in [6.45, 7) is 12.7. The zero-order valence-corrected chi connectivity index (χ0v) is 13.1. The van der Waals surface area contributed by atoms with Gasteiger partial charge in [0.15, 0.2) is 0 Å². The lowest BCUT2D eigenvalue weighted by Gasteiger charge is -2.49. The summed E-state index contributed by atoms with van der Waals surface area (Å²) in [6, 6.07) is -0.377. The van der Waals surface area contributed by atoms with Crippen LogP contribution in [-0.2, 0) is 9.59 Å². The average molecular weight is 268 g/mol. The molecule has 0 aromatic carbocycles. The molecule has 0 aromatic rings. The molecule has 1 aliphatic rings. The van der Waals surface area contributed by atoms with Crippen molar-refractivity contribution in [2.24, 2.45) is 11.8 Å². The summed E-state index contributed by atoms with van der Waals surface area (Å²) in [7, 11) is 0. The highest BCUT2D eigenvalue weighted by Crippen LogP contribution is 2.31. The standard InChI is InChI=1S/C15H28N2O2/c1-7-15(8-2)14(19)16-12(11(5)6)13(18)17(15)9-10(3)4/h10-12H,7-9H2,1-6H3,(H,16,19). The van der Waals surface area contributed by atoms with Crippen molar-refractivity contribution in [1.82, 2.24) is 10.2 Å². The summed E-state index contributed by atoms with van der Waals surface area (Å²) < 4.78 is 0. The number of hydrogen-bond acceptors (Lipinski definition) is 2. The van der Waals surface area contributed by atoms with Crippen molar-refractivity contribution >= 4 is 11.8 Å². The molecule has 0 radical (unpaired) electrons. The van der Waals surface area contributed by atoms with Crippen molar-refractivity contribution in [3.05, 3.63) is 0 Å². The first-order valence-electron chi connectivity index (χ1n) is 7.42. The van der Waals surface area contributed by atoms with Crippen molar-refractivity contribution in [2.45, 2.75) is 66.0 Å². The molecule has 1 atom stereocenters. The SMILES string of the molecule is CCC1(CC)C(=O)NC(C(C)C)C(=O)N1CC(C)C. The van der Waals surface area contributed by atoms with Gasteiger partial charge in [-0.1, -0.05) is 41.5 Å². The lowest BCUT2D eigenvalue weighted by atomic mass is 9.83. The summed E-state index contributed by atoms with van der Waals surface area (Å²) in [5.41, 5.74) is -0.660. The van der Waals surface area contributed by atoms with E-state index in [0.717, 1.165) is 0 Å². The Morgan fingerprint density at radius 1 is 1.16 bits per heavy atom. The van der Waals surface area contributed by atoms with Crippen molar-refractivity contribution in [1.29, 1.82) is 0 Å². The molecule has 1 heterocycles. The zero-order chi connectivity index (χ0) is 14.8. The van der Waals surface area contributed by atoms with E-state index in [0.29, 0.717) is 25.3 Å². The van der Waals surface area contributed by atoms with Gasteiger partial charge in [0.25, 0.3) is 0 Å². The summed E-state index contributed by atoms with van der Waals surface area (Å²) >= 11 is 0. The number of nitrogens with one attached hydrogen (secondary N) is 1. The fourth-order valence-corrected chi connectivity index (χ4v) is 2.87. The largest absolute Gasteiger partial charge is 0.342 e. The van der Waals surface area contributed by atoms with E-state index in [1.165, 1.54) is 0 Å². The fourth-order valence-electron chi connectivity index (χ4n) is 2.87. The van der Waals surface area contributed by atoms with Crippen molar-refractivity contribution in [3.63, 3.8) is 0 Å². The number of piperazine rings is 1. The first-order chi connectivity index (χ1) is 8.80. The zero-order valence-electron chi connectivity index (χ0n) is 13.1. The first-order valence-corrected chi connectivity index (χ1v) is 7.42. The fraction of sp³-hybridized carbons (Fsp3) is 0.867. The Kier molecular flexibility index (Phi) is 4.99. The molecule has 4 nitrogen and oxygen atoms in total. The van der Waals surface area contributed by atoms with E-state index in [2.05, 4.69) is 19.2 Å². The number of hydrogen-bond donors (Lipinski definition) is 1. The highest BCUT2D eigenvalue weighted by Gasteiger charge is 2.50. The van der Waals surface area contributed by atoms with Gasteiger partial charge in [-0.2, -0.15) is 0 Å². The van der Waals surface area contributed by atoms with Crippen LogP contribution >= 0.6 is 0 Å². The molecule has 0 aromatic heterocycles. The number of nitrogens with zero attached hydrogens (tertiary/aromatic N) is 1. The molecule has 1 saturated heterocycles. The van der Waals surface area contributed by atoms with Crippen LogP contribution in [0.4, 0.5) is 0 Å². The van der Waals surface area contributed by atoms with Crippen molar-refractivity contribution in [2.75, 3.05) is 6.54 Å². The molecule has 0 saturated carbocycles. The van der Waals surface area contributed by atoms with Crippen LogP contribution in [-0.4, -0.2) is 34.8 Å². The van der Waals surface area contributed by atoms with Crippen LogP contribution in [0.3, 0.4) is 0 Å². The monoisotopic (exact) mass is 268 g/mol. The second-order valence-electron chi connectivity index (χ2n) is 6.28. The third-order valence-corrected chi connectivity index (χ3v) is 4.14. The maximum absolute atomic E-state index is 12.7. The van der Waals surface area contributed by atoms with Gasteiger partial charge in [-0.05, 0) is 24.7 Å². The predicted molar refractivity (Wildman–Crippen MR) is 76.6 cm³/mol. The Bertz CT molecular complexity index is 346. The van der Waals surface area contributed by atoms with Gasteiger partial charge >= 0.3 is 0 Å². The number of carbonyl (C=O) groups excluding carboxylic acids is 2. The predicted octanol–water partition coefficient (Wildman–Crippen LogP) is 2.18. The van der Waals surface area contributed by atoms with Crippen LogP contribution < -0.4 is 5.32 Å². The van der Waals surface area contributed by atoms with E-state index in [-0.39, 0.29) is 23.8 Å². The summed E-state index contributed by atoms with van der Waals surface area (Å²) in [5.74, 6) is 0.571. The maximum atomic E-state index is 12.7. The Morgan fingerprint density at radius 3 is 2.05 bits per heavy atom. The summed E-state index contributed by atoms with van der Waals surface area (Å²) in [4.78, 5) is 27.1. The van der Waals surface area contributed by atoms with E-state index in [9.17, 15) is 9.59 Å². The van der Waals surface area contributed by atoms with Gasteiger partial charge in [0.05, 0.1) is 0 Å². The molecule has 19 heavy (non-hydrogen) atoms. The van der Waals surface area contributed by atoms with Crippen LogP contribution in [0.5, 0.6) is 0 Å². The van der Waals surface area contributed by atoms with Crippen LogP contribution in [0.1, 0.15) is 54.4 Å². The second-order valence-corrected chi connectivity index (χ2v) is 6.28. The highest BCUT2D eigenvalue weighted by molar-refractivity contribution is 5.99. The molecule has 110 valence electrons. The van der Waals surface area contributed by atoms with E-state index >= 15 is 0 Å². The summed E-state index contributed by atoms with van der Waals surface area (Å²) in [5, 5.41) is 2.93. The van der Waals surface area contributed by atoms with E-state index in [1.807, 2.05) is 32.6 Å². The quantitative estimate of drug-likeness (QED) is 0.831. The molecule has 0 bridgehead atoms. The van der Waals surface area contributed by atoms with E-state index in [4.69, 9.17) is 0 Å². The number of amides is 2. The van der Waals surface area contributed by atoms with Gasteiger partial charge in [-0.3, -0.25) is 9.59 Å². The molecule has 4 heteroatoms. The topological polar surface area (TPSA) is 49.4 Å². The normalized spacial score (nSPS) is 23.2. The number of rotatable bonds is 5. The Balaban J connectivity index is 3.17. The molecular formula is C15H28N2O2. The summed E-state index contributed by atoms with van der Waals surface area (Å²) in [6.07, 6.45) is 1.33. The molecule has 0 spiro atoms. The average Bonchev–Trinajstić information content (AvgIpc) is 2.34. The molecule has 1 N–H and O–H groups in total. The molecule has 1 aliphatic heterocycles. The Labute approximate surface area is 116 Å². The molecule has 1 fully saturated rings. The van der Waals surface area contributed by atoms with Gasteiger partial charge in [0.2, 0.25) is 11.8 Å². The molecule has 0 aliphatic carbocycles. The van der Waals surface area contributed by atoms with Crippen LogP contribution in [0, 0.1) is 11.8 Å². The van der Waals surface area contributed by atoms with Crippen LogP contribution in [0.25, 0.3) is 0 Å². The minimum Gasteiger partial charge on any atom is -0.342 e. The van der Waals surface area contributed by atoms with Crippen molar-refractivity contribution in [3.8, 4) is 0 Å². The van der Waals surface area contributed by atoms with Gasteiger partial charge < -0.3 is 10.2 Å². The van der Waals surface area contributed by atoms with Crippen LogP contribution in [0.15, 0.2) is 0 Å². The number of carbonyl (C=O) groups is 2. The second kappa shape index (κ2) is 5.93. The van der Waals surface area contributed by atoms with E-state index in [1.54, 1.807) is 0 Å². The highest BCUT2D eigenvalue weighted by atomic mass is 16.2. The molecule has 2 amide bonds. The molecule has 1 unspecified atom stereocenters. The lowest BCUT2D eigenvalue weighted by Crippen LogP contribution is -2.71. The van der Waals surface area contributed by atoms with Gasteiger partial charge in [-0.25, -0.2) is 0 Å². The van der Waals surface area contributed by atoms with Crippen LogP contribution in [0.2, 0.25) is 0 Å². The van der Waals surface area contributed by atoms with E-state index < -0.39 is 5.54 Å². The third-order valence-electron chi connectivity index (χ3n) is 4.14. The minimum atomic E-state index is -0.660.